The summed E-state index contributed by atoms with van der Waals surface area (Å²) in [5, 5.41) is 3.80. The first kappa shape index (κ1) is 23.6. The number of carbonyl (C=O) groups excluding carboxylic acids is 3. The monoisotopic (exact) mass is 468 g/mol. The molecule has 0 aromatic heterocycles. The quantitative estimate of drug-likeness (QED) is 0.636. The zero-order valence-corrected chi connectivity index (χ0v) is 17.6. The number of thioether (sulfide) groups is 1. The molecule has 1 heterocycles. The molecule has 7 nitrogen and oxygen atoms in total. The van der Waals surface area contributed by atoms with E-state index in [0.29, 0.717) is 6.42 Å². The highest BCUT2D eigenvalue weighted by molar-refractivity contribution is 8.15. The Kier molecular flexibility index (Phi) is 7.41. The van der Waals surface area contributed by atoms with Crippen molar-refractivity contribution in [2.24, 2.45) is 0 Å². The second-order valence-electron chi connectivity index (χ2n) is 6.85. The van der Waals surface area contributed by atoms with Crippen LogP contribution in [0.5, 0.6) is 5.75 Å². The Balaban J connectivity index is 1.53. The first-order chi connectivity index (χ1) is 15.2. The first-order valence-electron chi connectivity index (χ1n) is 9.42. The minimum Gasteiger partial charge on any atom is -0.410 e. The molecule has 170 valence electrons. The van der Waals surface area contributed by atoms with Gasteiger partial charge >= 0.3 is 12.3 Å². The molecule has 11 heteroatoms. The van der Waals surface area contributed by atoms with Crippen LogP contribution in [-0.4, -0.2) is 36.1 Å². The molecule has 2 N–H and O–H groups in total. The molecule has 0 bridgehead atoms. The van der Waals surface area contributed by atoms with E-state index in [2.05, 4.69) is 10.6 Å². The summed E-state index contributed by atoms with van der Waals surface area (Å²) in [7, 11) is 1.33. The summed E-state index contributed by atoms with van der Waals surface area (Å²) in [5.74, 6) is -0.105. The normalized spacial score (nSPS) is 17.1. The minimum atomic E-state index is -4.48. The lowest BCUT2D eigenvalue weighted by molar-refractivity contribution is -0.137. The van der Waals surface area contributed by atoms with Gasteiger partial charge in [0.05, 0.1) is 23.5 Å². The van der Waals surface area contributed by atoms with E-state index >= 15 is 0 Å². The van der Waals surface area contributed by atoms with E-state index in [1.807, 2.05) is 0 Å². The molecule has 3 rings (SSSR count). The number of hydrogen-bond acceptors (Lipinski definition) is 6. The lowest BCUT2D eigenvalue weighted by Crippen LogP contribution is -2.31. The Morgan fingerprint density at radius 3 is 2.50 bits per heavy atom. The number of rotatable bonds is 7. The molecular formula is C21H19F3N2O5S. The van der Waals surface area contributed by atoms with Crippen LogP contribution in [0.1, 0.15) is 22.8 Å². The van der Waals surface area contributed by atoms with E-state index in [-0.39, 0.29) is 29.0 Å². The molecule has 2 aromatic carbocycles. The van der Waals surface area contributed by atoms with Crippen LogP contribution in [0.15, 0.2) is 48.5 Å². The molecule has 32 heavy (non-hydrogen) atoms. The van der Waals surface area contributed by atoms with Crippen LogP contribution in [0.3, 0.4) is 0 Å². The van der Waals surface area contributed by atoms with E-state index < -0.39 is 29.2 Å². The number of carbonyl (C=O) groups is 3. The van der Waals surface area contributed by atoms with E-state index in [1.165, 1.54) is 31.4 Å². The van der Waals surface area contributed by atoms with Crippen molar-refractivity contribution in [1.82, 2.24) is 10.6 Å². The maximum atomic E-state index is 12.9. The van der Waals surface area contributed by atoms with Gasteiger partial charge in [-0.2, -0.15) is 13.2 Å². The summed E-state index contributed by atoms with van der Waals surface area (Å²) in [6, 6.07) is 11.1. The van der Waals surface area contributed by atoms with Crippen LogP contribution in [-0.2, 0) is 22.1 Å². The second-order valence-corrected chi connectivity index (χ2v) is 8.02. The maximum absolute atomic E-state index is 12.9. The first-order valence-corrected chi connectivity index (χ1v) is 10.3. The Hall–Kier alpha value is -3.05. The van der Waals surface area contributed by atoms with Gasteiger partial charge in [-0.3, -0.25) is 14.9 Å². The van der Waals surface area contributed by atoms with Gasteiger partial charge in [-0.15, -0.1) is 0 Å². The maximum Gasteiger partial charge on any atom is 0.416 e. The van der Waals surface area contributed by atoms with Crippen LogP contribution in [0.2, 0.25) is 0 Å². The fraction of sp³-hybridized carbons (Fsp3) is 0.286. The van der Waals surface area contributed by atoms with Gasteiger partial charge in [-0.05, 0) is 41.8 Å². The van der Waals surface area contributed by atoms with Gasteiger partial charge < -0.3 is 14.8 Å². The highest BCUT2D eigenvalue weighted by atomic mass is 32.2. The number of methoxy groups -OCH3 is 1. The molecule has 1 aliphatic rings. The summed E-state index contributed by atoms with van der Waals surface area (Å²) >= 11 is 0.926. The number of amides is 3. The molecule has 0 saturated carbocycles. The molecular weight excluding hydrogens is 449 g/mol. The molecule has 0 radical (unpaired) electrons. The zero-order valence-electron chi connectivity index (χ0n) is 16.8. The average Bonchev–Trinajstić information content (AvgIpc) is 3.06. The van der Waals surface area contributed by atoms with E-state index in [9.17, 15) is 27.6 Å². The molecule has 1 fully saturated rings. The van der Waals surface area contributed by atoms with Crippen LogP contribution < -0.4 is 15.4 Å². The predicted molar refractivity (Wildman–Crippen MR) is 110 cm³/mol. The Bertz CT molecular complexity index is 998. The second kappa shape index (κ2) is 10.0. The zero-order chi connectivity index (χ0) is 23.3. The molecule has 1 aliphatic heterocycles. The molecule has 1 saturated heterocycles. The van der Waals surface area contributed by atoms with E-state index in [0.717, 1.165) is 29.5 Å². The largest absolute Gasteiger partial charge is 0.416 e. The highest BCUT2D eigenvalue weighted by Gasteiger charge is 2.32. The summed E-state index contributed by atoms with van der Waals surface area (Å²) < 4.78 is 49.1. The summed E-state index contributed by atoms with van der Waals surface area (Å²) in [5.41, 5.74) is 0.237. The number of benzene rings is 2. The Morgan fingerprint density at radius 2 is 1.91 bits per heavy atom. The number of nitrogens with one attached hydrogen (secondary N) is 2. The molecule has 3 amide bonds. The van der Waals surface area contributed by atoms with Crippen LogP contribution in [0.25, 0.3) is 0 Å². The number of hydrogen-bond donors (Lipinski definition) is 2. The molecule has 0 spiro atoms. The van der Waals surface area contributed by atoms with Crippen molar-refractivity contribution in [3.8, 4) is 5.75 Å². The molecule has 2 aromatic rings. The lowest BCUT2D eigenvalue weighted by Gasteiger charge is -2.18. The Morgan fingerprint density at radius 1 is 1.19 bits per heavy atom. The van der Waals surface area contributed by atoms with Crippen molar-refractivity contribution in [3.63, 3.8) is 0 Å². The van der Waals surface area contributed by atoms with Crippen molar-refractivity contribution in [1.29, 1.82) is 0 Å². The summed E-state index contributed by atoms with van der Waals surface area (Å²) in [6.07, 6.45) is -5.74. The number of imide groups is 1. The smallest absolute Gasteiger partial charge is 0.410 e. The van der Waals surface area contributed by atoms with Crippen LogP contribution in [0.4, 0.5) is 22.8 Å². The van der Waals surface area contributed by atoms with Crippen molar-refractivity contribution in [2.75, 3.05) is 13.7 Å². The fourth-order valence-corrected chi connectivity index (χ4v) is 3.87. The van der Waals surface area contributed by atoms with E-state index in [1.54, 1.807) is 12.1 Å². The predicted octanol–water partition coefficient (Wildman–Crippen LogP) is 4.08. The van der Waals surface area contributed by atoms with Gasteiger partial charge in [0.25, 0.3) is 5.24 Å². The van der Waals surface area contributed by atoms with Crippen molar-refractivity contribution in [2.45, 2.75) is 24.0 Å². The molecule has 0 aliphatic carbocycles. The van der Waals surface area contributed by atoms with Gasteiger partial charge in [0.1, 0.15) is 5.75 Å². The highest BCUT2D eigenvalue weighted by Crippen LogP contribution is 2.31. The third-order valence-electron chi connectivity index (χ3n) is 4.62. The van der Waals surface area contributed by atoms with Gasteiger partial charge in [0.2, 0.25) is 5.91 Å². The van der Waals surface area contributed by atoms with Crippen molar-refractivity contribution in [3.05, 3.63) is 65.2 Å². The Labute approximate surface area is 185 Å². The third kappa shape index (κ3) is 6.24. The topological polar surface area (TPSA) is 93.7 Å². The van der Waals surface area contributed by atoms with Gasteiger partial charge in [-0.1, -0.05) is 36.0 Å². The molecule has 2 atom stereocenters. The number of halogens is 3. The fourth-order valence-electron chi connectivity index (χ4n) is 3.01. The lowest BCUT2D eigenvalue weighted by atomic mass is 10.1. The van der Waals surface area contributed by atoms with Gasteiger partial charge in [-0.25, -0.2) is 4.79 Å². The van der Waals surface area contributed by atoms with Crippen LogP contribution >= 0.6 is 11.8 Å². The standard InChI is InChI=1S/C21H19F3N2O5S/c1-30-16(13-3-2-4-14(10-13)21(22,23)24)11-25-19(28)31-15-7-5-12(6-8-15)9-17-18(27)26-20(29)32-17/h2-8,10,16-17H,9,11H2,1H3,(H,25,28)(H,26,27,29). The third-order valence-corrected chi connectivity index (χ3v) is 5.61. The average molecular weight is 468 g/mol. The van der Waals surface area contributed by atoms with Crippen LogP contribution in [0, 0.1) is 0 Å². The minimum absolute atomic E-state index is 0.100. The summed E-state index contributed by atoms with van der Waals surface area (Å²) in [4.78, 5) is 34.9. The van der Waals surface area contributed by atoms with E-state index in [4.69, 9.17) is 9.47 Å². The number of ether oxygens (including phenoxy) is 2. The number of alkyl halides is 3. The van der Waals surface area contributed by atoms with Crippen molar-refractivity contribution < 1.29 is 37.0 Å². The molecule has 2 unspecified atom stereocenters. The van der Waals surface area contributed by atoms with Crippen molar-refractivity contribution >= 4 is 29.0 Å². The van der Waals surface area contributed by atoms with Gasteiger partial charge in [0, 0.05) is 7.11 Å². The van der Waals surface area contributed by atoms with Gasteiger partial charge in [0.15, 0.2) is 0 Å². The SMILES string of the molecule is COC(CNC(=O)Oc1ccc(CC2SC(=O)NC2=O)cc1)c1cccc(C(F)(F)F)c1. The summed E-state index contributed by atoms with van der Waals surface area (Å²) in [6.45, 7) is -0.100.